The Morgan fingerprint density at radius 2 is 1.92 bits per heavy atom. The summed E-state index contributed by atoms with van der Waals surface area (Å²) in [4.78, 5) is 9.43. The van der Waals surface area contributed by atoms with Crippen LogP contribution in [0.1, 0.15) is 5.56 Å². The predicted molar refractivity (Wildman–Crippen MR) is 47.5 cm³/mol. The summed E-state index contributed by atoms with van der Waals surface area (Å²) in [5.74, 6) is 0. The molecule has 0 bridgehead atoms. The SMILES string of the molecule is O=[N+]([O-])/C=C\c1ccc(Cl)cc1. The van der Waals surface area contributed by atoms with Crippen LogP contribution < -0.4 is 0 Å². The minimum Gasteiger partial charge on any atom is -0.259 e. The predicted octanol–water partition coefficient (Wildman–Crippen LogP) is 2.59. The monoisotopic (exact) mass is 183 g/mol. The van der Waals surface area contributed by atoms with E-state index < -0.39 is 4.92 Å². The van der Waals surface area contributed by atoms with Crippen LogP contribution in [0.25, 0.3) is 6.08 Å². The summed E-state index contributed by atoms with van der Waals surface area (Å²) >= 11 is 5.62. The highest BCUT2D eigenvalue weighted by Crippen LogP contribution is 2.10. The number of halogens is 1. The van der Waals surface area contributed by atoms with Gasteiger partial charge in [-0.05, 0) is 17.7 Å². The lowest BCUT2D eigenvalue weighted by Crippen LogP contribution is -1.81. The molecule has 0 aliphatic rings. The van der Waals surface area contributed by atoms with Crippen molar-refractivity contribution in [2.75, 3.05) is 0 Å². The number of nitro groups is 1. The fourth-order valence-electron chi connectivity index (χ4n) is 0.721. The zero-order valence-electron chi connectivity index (χ0n) is 6.11. The molecule has 0 heterocycles. The van der Waals surface area contributed by atoms with Gasteiger partial charge in [-0.1, -0.05) is 23.7 Å². The van der Waals surface area contributed by atoms with Crippen LogP contribution in [0.3, 0.4) is 0 Å². The Labute approximate surface area is 74.4 Å². The normalized spacial score (nSPS) is 10.4. The Morgan fingerprint density at radius 1 is 1.33 bits per heavy atom. The molecule has 1 aromatic rings. The fraction of sp³-hybridized carbons (Fsp3) is 0. The summed E-state index contributed by atoms with van der Waals surface area (Å²) in [5.41, 5.74) is 0.760. The molecule has 0 atom stereocenters. The van der Waals surface area contributed by atoms with Crippen molar-refractivity contribution in [3.05, 3.63) is 51.2 Å². The second-order valence-corrected chi connectivity index (χ2v) is 2.59. The van der Waals surface area contributed by atoms with Crippen molar-refractivity contribution in [1.82, 2.24) is 0 Å². The maximum atomic E-state index is 9.93. The number of benzene rings is 1. The van der Waals surface area contributed by atoms with Crippen molar-refractivity contribution >= 4 is 17.7 Å². The van der Waals surface area contributed by atoms with Gasteiger partial charge in [0.2, 0.25) is 6.20 Å². The molecule has 0 aromatic heterocycles. The van der Waals surface area contributed by atoms with Crippen molar-refractivity contribution < 1.29 is 4.92 Å². The van der Waals surface area contributed by atoms with Crippen LogP contribution in [0.2, 0.25) is 5.02 Å². The molecule has 1 aromatic carbocycles. The maximum Gasteiger partial charge on any atom is 0.235 e. The van der Waals surface area contributed by atoms with Gasteiger partial charge in [-0.25, -0.2) is 0 Å². The van der Waals surface area contributed by atoms with Gasteiger partial charge in [0.1, 0.15) is 0 Å². The second-order valence-electron chi connectivity index (χ2n) is 2.15. The van der Waals surface area contributed by atoms with E-state index >= 15 is 0 Å². The second kappa shape index (κ2) is 3.88. The quantitative estimate of drug-likeness (QED) is 0.523. The van der Waals surface area contributed by atoms with Gasteiger partial charge in [0, 0.05) is 11.1 Å². The van der Waals surface area contributed by atoms with Crippen LogP contribution in [0, 0.1) is 10.1 Å². The van der Waals surface area contributed by atoms with Crippen molar-refractivity contribution in [1.29, 1.82) is 0 Å². The van der Waals surface area contributed by atoms with Gasteiger partial charge in [-0.3, -0.25) is 10.1 Å². The van der Waals surface area contributed by atoms with Crippen molar-refractivity contribution in [2.45, 2.75) is 0 Å². The molecular weight excluding hydrogens is 178 g/mol. The molecule has 0 unspecified atom stereocenters. The largest absolute Gasteiger partial charge is 0.259 e. The van der Waals surface area contributed by atoms with Crippen LogP contribution in [-0.4, -0.2) is 4.92 Å². The van der Waals surface area contributed by atoms with Crippen LogP contribution in [-0.2, 0) is 0 Å². The summed E-state index contributed by atoms with van der Waals surface area (Å²) in [6.07, 6.45) is 2.31. The van der Waals surface area contributed by atoms with Crippen LogP contribution in [0.15, 0.2) is 30.5 Å². The molecule has 0 amide bonds. The number of nitrogens with zero attached hydrogens (tertiary/aromatic N) is 1. The van der Waals surface area contributed by atoms with Gasteiger partial charge in [0.25, 0.3) is 0 Å². The lowest BCUT2D eigenvalue weighted by Gasteiger charge is -1.90. The molecule has 0 aliphatic carbocycles. The summed E-state index contributed by atoms with van der Waals surface area (Å²) in [7, 11) is 0. The lowest BCUT2D eigenvalue weighted by atomic mass is 10.2. The average molecular weight is 184 g/mol. The number of rotatable bonds is 2. The first-order valence-electron chi connectivity index (χ1n) is 3.26. The smallest absolute Gasteiger partial charge is 0.235 e. The third kappa shape index (κ3) is 2.72. The molecule has 0 radical (unpaired) electrons. The van der Waals surface area contributed by atoms with Crippen LogP contribution in [0.4, 0.5) is 0 Å². The highest BCUT2D eigenvalue weighted by molar-refractivity contribution is 6.30. The topological polar surface area (TPSA) is 43.1 Å². The third-order valence-electron chi connectivity index (χ3n) is 1.26. The first-order valence-corrected chi connectivity index (χ1v) is 3.63. The van der Waals surface area contributed by atoms with E-state index in [9.17, 15) is 10.1 Å². The average Bonchev–Trinajstić information content (AvgIpc) is 2.03. The lowest BCUT2D eigenvalue weighted by molar-refractivity contribution is -0.400. The summed E-state index contributed by atoms with van der Waals surface area (Å²) < 4.78 is 0. The van der Waals surface area contributed by atoms with Gasteiger partial charge in [-0.15, -0.1) is 0 Å². The Hall–Kier alpha value is -1.35. The van der Waals surface area contributed by atoms with E-state index in [0.29, 0.717) is 5.02 Å². The zero-order valence-corrected chi connectivity index (χ0v) is 6.86. The van der Waals surface area contributed by atoms with E-state index in [2.05, 4.69) is 0 Å². The molecule has 4 heteroatoms. The third-order valence-corrected chi connectivity index (χ3v) is 1.51. The van der Waals surface area contributed by atoms with E-state index in [1.165, 1.54) is 6.08 Å². The molecule has 12 heavy (non-hydrogen) atoms. The minimum absolute atomic E-state index is 0.505. The fourth-order valence-corrected chi connectivity index (χ4v) is 0.847. The Balaban J connectivity index is 2.77. The van der Waals surface area contributed by atoms with Crippen molar-refractivity contribution in [3.8, 4) is 0 Å². The Kier molecular flexibility index (Phi) is 2.82. The van der Waals surface area contributed by atoms with E-state index in [-0.39, 0.29) is 0 Å². The van der Waals surface area contributed by atoms with E-state index in [4.69, 9.17) is 11.6 Å². The molecule has 62 valence electrons. The van der Waals surface area contributed by atoms with E-state index in [1.54, 1.807) is 24.3 Å². The van der Waals surface area contributed by atoms with Gasteiger partial charge >= 0.3 is 0 Å². The molecule has 0 fully saturated rings. The molecule has 0 saturated heterocycles. The van der Waals surface area contributed by atoms with Gasteiger partial charge in [0.15, 0.2) is 0 Å². The molecule has 0 saturated carbocycles. The highest BCUT2D eigenvalue weighted by atomic mass is 35.5. The molecule has 1 rings (SSSR count). The molecule has 0 aliphatic heterocycles. The van der Waals surface area contributed by atoms with Gasteiger partial charge < -0.3 is 0 Å². The van der Waals surface area contributed by atoms with Crippen molar-refractivity contribution in [2.24, 2.45) is 0 Å². The zero-order chi connectivity index (χ0) is 8.97. The summed E-state index contributed by atoms with van der Waals surface area (Å²) in [6.45, 7) is 0. The Bertz CT molecular complexity index is 305. The molecule has 3 nitrogen and oxygen atoms in total. The van der Waals surface area contributed by atoms with Gasteiger partial charge in [-0.2, -0.15) is 0 Å². The maximum absolute atomic E-state index is 9.93. The first kappa shape index (κ1) is 8.74. The van der Waals surface area contributed by atoms with Crippen molar-refractivity contribution in [3.63, 3.8) is 0 Å². The standard InChI is InChI=1S/C8H6ClNO2/c9-8-3-1-7(2-4-8)5-6-10(11)12/h1-6H/b6-5-. The number of hydrogen-bond acceptors (Lipinski definition) is 2. The Morgan fingerprint density at radius 3 is 2.42 bits per heavy atom. The first-order chi connectivity index (χ1) is 5.68. The van der Waals surface area contributed by atoms with E-state index in [0.717, 1.165) is 11.8 Å². The summed E-state index contributed by atoms with van der Waals surface area (Å²) in [5, 5.41) is 10.6. The minimum atomic E-state index is -0.505. The highest BCUT2D eigenvalue weighted by Gasteiger charge is 1.89. The summed E-state index contributed by atoms with van der Waals surface area (Å²) in [6, 6.07) is 6.78. The molecule has 0 N–H and O–H groups in total. The molecule has 0 spiro atoms. The molecular formula is C8H6ClNO2. The van der Waals surface area contributed by atoms with Crippen LogP contribution >= 0.6 is 11.6 Å². The van der Waals surface area contributed by atoms with Gasteiger partial charge in [0.05, 0.1) is 4.92 Å². The number of hydrogen-bond donors (Lipinski definition) is 0. The van der Waals surface area contributed by atoms with Crippen LogP contribution in [0.5, 0.6) is 0 Å². The van der Waals surface area contributed by atoms with E-state index in [1.807, 2.05) is 0 Å².